The number of hydrogen-bond donors (Lipinski definition) is 2. The zero-order valence-electron chi connectivity index (χ0n) is 6.18. The van der Waals surface area contributed by atoms with Gasteiger partial charge in [0.1, 0.15) is 0 Å². The topological polar surface area (TPSA) is 41.1 Å². The van der Waals surface area contributed by atoms with E-state index >= 15 is 0 Å². The van der Waals surface area contributed by atoms with Crippen molar-refractivity contribution in [2.24, 2.45) is 0 Å². The molecular weight excluding hydrogens is 140 g/mol. The fraction of sp³-hybridized carbons (Fsp3) is 0.375. The molecule has 3 heteroatoms. The second-order valence-electron chi connectivity index (χ2n) is 2.81. The molecule has 1 aliphatic carbocycles. The Morgan fingerprint density at radius 2 is 2.27 bits per heavy atom. The van der Waals surface area contributed by atoms with Gasteiger partial charge in [-0.05, 0) is 24.5 Å². The molecule has 0 aromatic carbocycles. The van der Waals surface area contributed by atoms with Gasteiger partial charge in [0.25, 0.3) is 0 Å². The first kappa shape index (κ1) is 6.46. The molecule has 11 heavy (non-hydrogen) atoms. The van der Waals surface area contributed by atoms with Crippen LogP contribution in [0.15, 0.2) is 23.4 Å². The van der Waals surface area contributed by atoms with E-state index in [2.05, 4.69) is 16.9 Å². The maximum absolute atomic E-state index is 10.9. The Kier molecular flexibility index (Phi) is 1.42. The Bertz CT molecular complexity index is 253. The second kappa shape index (κ2) is 2.42. The molecule has 1 aliphatic heterocycles. The monoisotopic (exact) mass is 150 g/mol. The van der Waals surface area contributed by atoms with Crippen molar-refractivity contribution >= 4 is 5.91 Å². The predicted octanol–water partition coefficient (Wildman–Crippen LogP) is 0.615. The Balaban J connectivity index is 2.26. The Labute approximate surface area is 65.1 Å². The number of nitrogens with one attached hydrogen (secondary N) is 2. The van der Waals surface area contributed by atoms with Gasteiger partial charge in [0.2, 0.25) is 5.91 Å². The first-order valence-electron chi connectivity index (χ1n) is 3.80. The molecule has 0 aromatic rings. The summed E-state index contributed by atoms with van der Waals surface area (Å²) in [5.74, 6) is 0.0686. The first-order chi connectivity index (χ1) is 5.36. The van der Waals surface area contributed by atoms with Crippen LogP contribution in [0.2, 0.25) is 0 Å². The van der Waals surface area contributed by atoms with E-state index in [0.29, 0.717) is 6.42 Å². The highest BCUT2D eigenvalue weighted by Crippen LogP contribution is 2.21. The highest BCUT2D eigenvalue weighted by atomic mass is 16.2. The third kappa shape index (κ3) is 1.13. The minimum absolute atomic E-state index is 0.0686. The average Bonchev–Trinajstić information content (AvgIpc) is 2.04. The maximum atomic E-state index is 10.9. The predicted molar refractivity (Wildman–Crippen MR) is 41.3 cm³/mol. The minimum Gasteiger partial charge on any atom is -0.299 e. The number of rotatable bonds is 0. The van der Waals surface area contributed by atoms with E-state index in [0.717, 1.165) is 18.5 Å². The molecule has 1 heterocycles. The van der Waals surface area contributed by atoms with E-state index in [1.54, 1.807) is 0 Å². The van der Waals surface area contributed by atoms with Crippen molar-refractivity contribution in [1.29, 1.82) is 0 Å². The minimum atomic E-state index is 0.0686. The summed E-state index contributed by atoms with van der Waals surface area (Å²) in [6, 6.07) is 0. The molecule has 0 saturated heterocycles. The van der Waals surface area contributed by atoms with Crippen LogP contribution in [-0.2, 0) is 4.79 Å². The lowest BCUT2D eigenvalue weighted by Crippen LogP contribution is -2.41. The number of carbonyl (C=O) groups excluding carboxylic acids is 1. The Morgan fingerprint density at radius 1 is 1.36 bits per heavy atom. The summed E-state index contributed by atoms with van der Waals surface area (Å²) in [6.07, 6.45) is 6.79. The fourth-order valence-electron chi connectivity index (χ4n) is 1.40. The van der Waals surface area contributed by atoms with Crippen LogP contribution in [-0.4, -0.2) is 5.91 Å². The molecule has 58 valence electrons. The maximum Gasteiger partial charge on any atom is 0.242 e. The average molecular weight is 150 g/mol. The molecule has 0 unspecified atom stereocenters. The van der Waals surface area contributed by atoms with Crippen LogP contribution < -0.4 is 10.9 Å². The number of hydrazine groups is 1. The van der Waals surface area contributed by atoms with Crippen LogP contribution in [0.4, 0.5) is 0 Å². The Hall–Kier alpha value is -1.25. The molecule has 0 spiro atoms. The smallest absolute Gasteiger partial charge is 0.242 e. The van der Waals surface area contributed by atoms with Crippen molar-refractivity contribution in [2.75, 3.05) is 0 Å². The third-order valence-electron chi connectivity index (χ3n) is 1.99. The van der Waals surface area contributed by atoms with Gasteiger partial charge in [-0.3, -0.25) is 15.6 Å². The summed E-state index contributed by atoms with van der Waals surface area (Å²) in [5.41, 5.74) is 7.76. The molecule has 2 rings (SSSR count). The number of amides is 1. The van der Waals surface area contributed by atoms with Crippen molar-refractivity contribution in [3.63, 3.8) is 0 Å². The lowest BCUT2D eigenvalue weighted by molar-refractivity contribution is -0.121. The number of carbonyl (C=O) groups is 1. The highest BCUT2D eigenvalue weighted by Gasteiger charge is 2.16. The number of allylic oxidation sites excluding steroid dienone is 2. The van der Waals surface area contributed by atoms with Gasteiger partial charge in [-0.1, -0.05) is 6.08 Å². The van der Waals surface area contributed by atoms with Gasteiger partial charge in [0, 0.05) is 0 Å². The zero-order valence-corrected chi connectivity index (χ0v) is 6.18. The summed E-state index contributed by atoms with van der Waals surface area (Å²) in [6.45, 7) is 0. The molecule has 2 N–H and O–H groups in total. The van der Waals surface area contributed by atoms with E-state index < -0.39 is 0 Å². The molecule has 2 aliphatic rings. The van der Waals surface area contributed by atoms with Gasteiger partial charge in [-0.25, -0.2) is 0 Å². The molecule has 0 bridgehead atoms. The van der Waals surface area contributed by atoms with E-state index in [4.69, 9.17) is 0 Å². The largest absolute Gasteiger partial charge is 0.299 e. The fourth-order valence-corrected chi connectivity index (χ4v) is 1.40. The van der Waals surface area contributed by atoms with Gasteiger partial charge in [-0.15, -0.1) is 0 Å². The summed E-state index contributed by atoms with van der Waals surface area (Å²) < 4.78 is 0. The highest BCUT2D eigenvalue weighted by molar-refractivity contribution is 5.80. The normalized spacial score (nSPS) is 22.4. The number of hydrogen-bond acceptors (Lipinski definition) is 2. The van der Waals surface area contributed by atoms with Crippen LogP contribution >= 0.6 is 0 Å². The molecule has 0 fully saturated rings. The van der Waals surface area contributed by atoms with E-state index in [1.165, 1.54) is 5.57 Å². The molecule has 3 nitrogen and oxygen atoms in total. The van der Waals surface area contributed by atoms with Crippen molar-refractivity contribution in [2.45, 2.75) is 19.3 Å². The van der Waals surface area contributed by atoms with Gasteiger partial charge >= 0.3 is 0 Å². The van der Waals surface area contributed by atoms with Crippen LogP contribution in [0.5, 0.6) is 0 Å². The van der Waals surface area contributed by atoms with E-state index in [9.17, 15) is 4.79 Å². The molecule has 0 radical (unpaired) electrons. The molecule has 1 amide bonds. The third-order valence-corrected chi connectivity index (χ3v) is 1.99. The van der Waals surface area contributed by atoms with Crippen molar-refractivity contribution in [3.8, 4) is 0 Å². The zero-order chi connectivity index (χ0) is 7.68. The van der Waals surface area contributed by atoms with Crippen LogP contribution in [0.25, 0.3) is 0 Å². The lowest BCUT2D eigenvalue weighted by atomic mass is 9.98. The summed E-state index contributed by atoms with van der Waals surface area (Å²) in [7, 11) is 0. The lowest BCUT2D eigenvalue weighted by Gasteiger charge is -2.22. The molecule has 0 aromatic heterocycles. The van der Waals surface area contributed by atoms with Crippen LogP contribution in [0, 0.1) is 0 Å². The standard InChI is InChI=1S/C8H10N2O/c11-8-5-6-3-1-2-4-7(6)9-10-8/h2,4,9H,1,3,5H2,(H,10,11). The first-order valence-corrected chi connectivity index (χ1v) is 3.80. The second-order valence-corrected chi connectivity index (χ2v) is 2.81. The Morgan fingerprint density at radius 3 is 3.18 bits per heavy atom. The molecular formula is C8H10N2O. The molecule has 0 atom stereocenters. The van der Waals surface area contributed by atoms with E-state index in [-0.39, 0.29) is 5.91 Å². The summed E-state index contributed by atoms with van der Waals surface area (Å²) in [4.78, 5) is 10.9. The van der Waals surface area contributed by atoms with Crippen molar-refractivity contribution in [1.82, 2.24) is 10.9 Å². The SMILES string of the molecule is O=C1CC2=C(C=CCC2)NN1. The molecule has 0 saturated carbocycles. The summed E-state index contributed by atoms with van der Waals surface area (Å²) in [5, 5.41) is 0. The van der Waals surface area contributed by atoms with Gasteiger partial charge in [0.15, 0.2) is 0 Å². The van der Waals surface area contributed by atoms with Crippen LogP contribution in [0.3, 0.4) is 0 Å². The quantitative estimate of drug-likeness (QED) is 0.531. The van der Waals surface area contributed by atoms with E-state index in [1.807, 2.05) is 6.08 Å². The van der Waals surface area contributed by atoms with Gasteiger partial charge < -0.3 is 0 Å². The van der Waals surface area contributed by atoms with Crippen molar-refractivity contribution < 1.29 is 4.79 Å². The van der Waals surface area contributed by atoms with Gasteiger partial charge in [-0.2, -0.15) is 0 Å². The van der Waals surface area contributed by atoms with Crippen molar-refractivity contribution in [3.05, 3.63) is 23.4 Å². The summed E-state index contributed by atoms with van der Waals surface area (Å²) >= 11 is 0. The van der Waals surface area contributed by atoms with Crippen LogP contribution in [0.1, 0.15) is 19.3 Å². The van der Waals surface area contributed by atoms with Gasteiger partial charge in [0.05, 0.1) is 12.1 Å².